The van der Waals surface area contributed by atoms with Crippen LogP contribution in [0.25, 0.3) is 10.8 Å². The summed E-state index contributed by atoms with van der Waals surface area (Å²) < 4.78 is 6.84. The Labute approximate surface area is 277 Å². The van der Waals surface area contributed by atoms with Gasteiger partial charge in [0.15, 0.2) is 0 Å². The molecule has 1 atom stereocenters. The number of aromatic nitrogens is 1. The Morgan fingerprint density at radius 2 is 1.57 bits per heavy atom. The number of amides is 4. The monoisotopic (exact) mass is 659 g/mol. The summed E-state index contributed by atoms with van der Waals surface area (Å²) in [6.45, 7) is 5.74. The molecule has 1 aromatic heterocycles. The molecule has 3 aromatic carbocycles. The molecule has 1 aliphatic heterocycles. The third-order valence-electron chi connectivity index (χ3n) is 7.74. The number of nitrogens with zero attached hydrogens (tertiary/aromatic N) is 2. The van der Waals surface area contributed by atoms with Gasteiger partial charge in [0.05, 0.1) is 11.4 Å². The predicted octanol–water partition coefficient (Wildman–Crippen LogP) is 6.96. The van der Waals surface area contributed by atoms with Gasteiger partial charge in [-0.2, -0.15) is 0 Å². The van der Waals surface area contributed by atoms with E-state index in [1.807, 2.05) is 24.3 Å². The summed E-state index contributed by atoms with van der Waals surface area (Å²) in [5.74, 6) is -0.430. The molecule has 11 nitrogen and oxygen atoms in total. The summed E-state index contributed by atoms with van der Waals surface area (Å²) in [6.07, 6.45) is 1.63. The van der Waals surface area contributed by atoms with Crippen LogP contribution in [0.4, 0.5) is 27.5 Å². The van der Waals surface area contributed by atoms with Crippen molar-refractivity contribution in [2.75, 3.05) is 33.3 Å². The SMILES string of the molecule is Cn1cc(NC(=O)CCCC(=O)N2C[C@@H](CCl)c3c2cc(O)c2ccccc32)cc1C(=O)Nc1ccc(NC(=O)OC(C)(C)C)cc1. The molecule has 5 rings (SSSR count). The molecule has 2 heterocycles. The van der Waals surface area contributed by atoms with Gasteiger partial charge in [0.2, 0.25) is 11.8 Å². The van der Waals surface area contributed by atoms with Crippen molar-refractivity contribution >= 4 is 68.9 Å². The highest BCUT2D eigenvalue weighted by Gasteiger charge is 2.34. The standard InChI is InChI=1S/C35H38ClN5O6/c1-35(2,3)47-34(46)39-23-14-12-22(13-15-23)38-33(45)28-16-24(20-40(28)4)37-30(43)10-7-11-31(44)41-19-21(18-36)32-26-9-6-5-8-25(26)29(42)17-27(32)41/h5-6,8-9,12-17,20-21,42H,7,10-11,18-19H2,1-4H3,(H,37,43)(H,38,45)(H,39,46)/t21-/m1/s1. The van der Waals surface area contributed by atoms with E-state index in [0.717, 1.165) is 16.3 Å². The number of nitrogens with one attached hydrogen (secondary N) is 3. The summed E-state index contributed by atoms with van der Waals surface area (Å²) in [5, 5.41) is 20.4. The zero-order valence-corrected chi connectivity index (χ0v) is 27.5. The van der Waals surface area contributed by atoms with E-state index in [1.54, 1.807) is 79.9 Å². The number of aromatic hydroxyl groups is 1. The van der Waals surface area contributed by atoms with Crippen molar-refractivity contribution < 1.29 is 29.0 Å². The molecule has 0 aliphatic carbocycles. The zero-order valence-electron chi connectivity index (χ0n) is 26.7. The Kier molecular flexibility index (Phi) is 9.76. The Bertz CT molecular complexity index is 1830. The Balaban J connectivity index is 1.13. The fourth-order valence-electron chi connectivity index (χ4n) is 5.66. The summed E-state index contributed by atoms with van der Waals surface area (Å²) in [6, 6.07) is 17.3. The third-order valence-corrected chi connectivity index (χ3v) is 8.11. The quantitative estimate of drug-likeness (QED) is 0.143. The van der Waals surface area contributed by atoms with E-state index in [-0.39, 0.29) is 42.2 Å². The van der Waals surface area contributed by atoms with Crippen molar-refractivity contribution in [2.45, 2.75) is 51.6 Å². The summed E-state index contributed by atoms with van der Waals surface area (Å²) in [5.41, 5.74) is 2.79. The van der Waals surface area contributed by atoms with Crippen LogP contribution in [0, 0.1) is 0 Å². The van der Waals surface area contributed by atoms with Gasteiger partial charge in [-0.25, -0.2) is 4.79 Å². The number of hydrogen-bond donors (Lipinski definition) is 4. The Morgan fingerprint density at radius 1 is 0.915 bits per heavy atom. The van der Waals surface area contributed by atoms with E-state index in [2.05, 4.69) is 16.0 Å². The largest absolute Gasteiger partial charge is 0.507 e. The van der Waals surface area contributed by atoms with Crippen LogP contribution >= 0.6 is 11.6 Å². The van der Waals surface area contributed by atoms with Gasteiger partial charge in [-0.3, -0.25) is 19.7 Å². The van der Waals surface area contributed by atoms with Crippen molar-refractivity contribution in [1.29, 1.82) is 0 Å². The van der Waals surface area contributed by atoms with Crippen molar-refractivity contribution in [1.82, 2.24) is 4.57 Å². The van der Waals surface area contributed by atoms with Crippen LogP contribution in [-0.4, -0.2) is 51.5 Å². The molecule has 12 heteroatoms. The van der Waals surface area contributed by atoms with E-state index < -0.39 is 11.7 Å². The number of fused-ring (bicyclic) bond motifs is 3. The molecule has 4 N–H and O–H groups in total. The van der Waals surface area contributed by atoms with Gasteiger partial charge in [0.1, 0.15) is 17.0 Å². The number of alkyl halides is 1. The van der Waals surface area contributed by atoms with Crippen molar-refractivity contribution in [3.05, 3.63) is 78.1 Å². The fraction of sp³-hybridized carbons (Fsp3) is 0.314. The summed E-state index contributed by atoms with van der Waals surface area (Å²) in [7, 11) is 1.69. The topological polar surface area (TPSA) is 142 Å². The van der Waals surface area contributed by atoms with Crippen LogP contribution in [-0.2, 0) is 21.4 Å². The van der Waals surface area contributed by atoms with Gasteiger partial charge < -0.3 is 29.9 Å². The van der Waals surface area contributed by atoms with E-state index in [1.165, 1.54) is 0 Å². The predicted molar refractivity (Wildman–Crippen MR) is 184 cm³/mol. The van der Waals surface area contributed by atoms with Crippen LogP contribution in [0.3, 0.4) is 0 Å². The van der Waals surface area contributed by atoms with Crippen molar-refractivity contribution in [3.8, 4) is 5.75 Å². The van der Waals surface area contributed by atoms with Gasteiger partial charge in [-0.15, -0.1) is 11.6 Å². The second-order valence-corrected chi connectivity index (χ2v) is 12.8. The highest BCUT2D eigenvalue weighted by Crippen LogP contribution is 2.45. The van der Waals surface area contributed by atoms with Gasteiger partial charge >= 0.3 is 6.09 Å². The van der Waals surface area contributed by atoms with Gasteiger partial charge in [-0.05, 0) is 68.5 Å². The maximum atomic E-state index is 13.2. The van der Waals surface area contributed by atoms with E-state index in [4.69, 9.17) is 16.3 Å². The van der Waals surface area contributed by atoms with Crippen LogP contribution in [0.1, 0.15) is 62.0 Å². The summed E-state index contributed by atoms with van der Waals surface area (Å²) >= 11 is 6.28. The lowest BCUT2D eigenvalue weighted by Crippen LogP contribution is -2.30. The normalized spacial score (nSPS) is 14.1. The maximum Gasteiger partial charge on any atom is 0.412 e. The smallest absolute Gasteiger partial charge is 0.412 e. The van der Waals surface area contributed by atoms with Crippen LogP contribution in [0.2, 0.25) is 0 Å². The highest BCUT2D eigenvalue weighted by atomic mass is 35.5. The number of rotatable bonds is 9. The first-order valence-corrected chi connectivity index (χ1v) is 15.8. The number of hydrogen-bond acceptors (Lipinski definition) is 6. The molecule has 0 spiro atoms. The molecule has 0 saturated carbocycles. The molecule has 0 saturated heterocycles. The molecular formula is C35H38ClN5O6. The van der Waals surface area contributed by atoms with Crippen molar-refractivity contribution in [3.63, 3.8) is 0 Å². The lowest BCUT2D eigenvalue weighted by molar-refractivity contribution is -0.119. The van der Waals surface area contributed by atoms with E-state index in [0.29, 0.717) is 47.3 Å². The Hall–Kier alpha value is -5.03. The molecule has 0 unspecified atom stereocenters. The number of anilines is 4. The number of benzene rings is 3. The Morgan fingerprint density at radius 3 is 2.23 bits per heavy atom. The number of carbonyl (C=O) groups is 4. The van der Waals surface area contributed by atoms with Crippen LogP contribution in [0.15, 0.2) is 66.9 Å². The summed E-state index contributed by atoms with van der Waals surface area (Å²) in [4.78, 5) is 52.6. The molecule has 47 heavy (non-hydrogen) atoms. The number of aryl methyl sites for hydroxylation is 1. The molecule has 0 radical (unpaired) electrons. The third kappa shape index (κ3) is 7.86. The minimum atomic E-state index is -0.622. The molecule has 4 amide bonds. The first-order chi connectivity index (χ1) is 22.3. The van der Waals surface area contributed by atoms with Crippen molar-refractivity contribution in [2.24, 2.45) is 7.05 Å². The number of carbonyl (C=O) groups excluding carboxylic acids is 4. The second kappa shape index (κ2) is 13.8. The van der Waals surface area contributed by atoms with Crippen LogP contribution < -0.4 is 20.9 Å². The molecule has 246 valence electrons. The van der Waals surface area contributed by atoms with Gasteiger partial charge in [0.25, 0.3) is 5.91 Å². The lowest BCUT2D eigenvalue weighted by Gasteiger charge is -2.19. The lowest BCUT2D eigenvalue weighted by atomic mass is 9.95. The fourth-order valence-corrected chi connectivity index (χ4v) is 5.91. The van der Waals surface area contributed by atoms with Gasteiger partial charge in [-0.1, -0.05) is 24.3 Å². The second-order valence-electron chi connectivity index (χ2n) is 12.5. The number of phenolic OH excluding ortho intramolecular Hbond substituents is 1. The number of halogens is 1. The average molecular weight is 660 g/mol. The van der Waals surface area contributed by atoms with Crippen LogP contribution in [0.5, 0.6) is 5.75 Å². The first kappa shape index (κ1) is 33.3. The molecule has 0 fully saturated rings. The maximum absolute atomic E-state index is 13.2. The van der Waals surface area contributed by atoms with Gasteiger partial charge in [0, 0.05) is 67.3 Å². The van der Waals surface area contributed by atoms with E-state index >= 15 is 0 Å². The minimum absolute atomic E-state index is 0.0607. The molecular weight excluding hydrogens is 622 g/mol. The molecule has 0 bridgehead atoms. The minimum Gasteiger partial charge on any atom is -0.507 e. The molecule has 1 aliphatic rings. The first-order valence-electron chi connectivity index (χ1n) is 15.3. The highest BCUT2D eigenvalue weighted by molar-refractivity contribution is 6.19. The molecule has 4 aromatic rings. The average Bonchev–Trinajstić information content (AvgIpc) is 3.57. The number of phenols is 1. The van der Waals surface area contributed by atoms with E-state index in [9.17, 15) is 24.3 Å². The zero-order chi connectivity index (χ0) is 33.9. The number of ether oxygens (including phenoxy) is 1.